The highest BCUT2D eigenvalue weighted by Crippen LogP contribution is 2.32. The molecule has 1 aromatic heterocycles. The number of primary amides is 1. The van der Waals surface area contributed by atoms with Gasteiger partial charge in [-0.15, -0.1) is 0 Å². The zero-order valence-electron chi connectivity index (χ0n) is 8.89. The molecule has 0 radical (unpaired) electrons. The first-order valence-electron chi connectivity index (χ1n) is 5.00. The molecular weight excluding hydrogens is 244 g/mol. The Kier molecular flexibility index (Phi) is 2.89. The molecule has 0 spiro atoms. The molecular formula is C10H11ClN4O2. The van der Waals surface area contributed by atoms with E-state index in [1.54, 1.807) is 6.07 Å². The first-order chi connectivity index (χ1) is 8.00. The van der Waals surface area contributed by atoms with Crippen LogP contribution >= 0.6 is 11.6 Å². The monoisotopic (exact) mass is 254 g/mol. The van der Waals surface area contributed by atoms with Crippen LogP contribution in [-0.2, 0) is 9.59 Å². The topological polar surface area (TPSA) is 102 Å². The number of nitrogens with zero attached hydrogens (tertiary/aromatic N) is 2. The summed E-state index contributed by atoms with van der Waals surface area (Å²) in [6.07, 6.45) is 1.56. The third kappa shape index (κ3) is 2.03. The van der Waals surface area contributed by atoms with Crippen LogP contribution in [0.5, 0.6) is 0 Å². The number of hydrogen-bond acceptors (Lipinski definition) is 4. The van der Waals surface area contributed by atoms with Crippen LogP contribution in [0.25, 0.3) is 0 Å². The van der Waals surface area contributed by atoms with Gasteiger partial charge in [-0.3, -0.25) is 9.59 Å². The number of nitrogens with two attached hydrogens (primary N) is 2. The van der Waals surface area contributed by atoms with Gasteiger partial charge in [0.2, 0.25) is 11.8 Å². The van der Waals surface area contributed by atoms with Crippen LogP contribution in [0.1, 0.15) is 6.42 Å². The Hall–Kier alpha value is -1.82. The summed E-state index contributed by atoms with van der Waals surface area (Å²) in [6.45, 7) is 0.235. The highest BCUT2D eigenvalue weighted by molar-refractivity contribution is 6.32. The summed E-state index contributed by atoms with van der Waals surface area (Å²) < 4.78 is 0. The maximum atomic E-state index is 11.8. The van der Waals surface area contributed by atoms with Gasteiger partial charge < -0.3 is 16.4 Å². The van der Waals surface area contributed by atoms with Crippen molar-refractivity contribution < 1.29 is 9.59 Å². The molecule has 1 fully saturated rings. The van der Waals surface area contributed by atoms with Gasteiger partial charge in [-0.25, -0.2) is 4.98 Å². The second-order valence-electron chi connectivity index (χ2n) is 3.84. The minimum atomic E-state index is -0.487. The fourth-order valence-electron chi connectivity index (χ4n) is 1.80. The molecule has 7 heteroatoms. The van der Waals surface area contributed by atoms with Gasteiger partial charge in [-0.1, -0.05) is 11.6 Å². The number of hydrogen-bond donors (Lipinski definition) is 2. The third-order valence-electron chi connectivity index (χ3n) is 2.74. The summed E-state index contributed by atoms with van der Waals surface area (Å²) in [5.74, 6) is -1.16. The minimum Gasteiger partial charge on any atom is -0.395 e. The van der Waals surface area contributed by atoms with E-state index in [2.05, 4.69) is 4.98 Å². The highest BCUT2D eigenvalue weighted by atomic mass is 35.5. The third-order valence-corrected chi connectivity index (χ3v) is 3.04. The summed E-state index contributed by atoms with van der Waals surface area (Å²) in [4.78, 5) is 28.0. The van der Waals surface area contributed by atoms with Crippen molar-refractivity contribution in [3.63, 3.8) is 0 Å². The molecule has 0 aromatic carbocycles. The molecule has 2 heterocycles. The van der Waals surface area contributed by atoms with E-state index < -0.39 is 11.8 Å². The number of anilines is 2. The zero-order valence-corrected chi connectivity index (χ0v) is 9.65. The summed E-state index contributed by atoms with van der Waals surface area (Å²) >= 11 is 5.77. The van der Waals surface area contributed by atoms with Gasteiger partial charge in [0.05, 0.1) is 17.3 Å². The second-order valence-corrected chi connectivity index (χ2v) is 4.20. The van der Waals surface area contributed by atoms with E-state index in [9.17, 15) is 9.59 Å². The van der Waals surface area contributed by atoms with Crippen molar-refractivity contribution in [1.29, 1.82) is 0 Å². The zero-order chi connectivity index (χ0) is 12.6. The Morgan fingerprint density at radius 2 is 2.29 bits per heavy atom. The van der Waals surface area contributed by atoms with Crippen LogP contribution in [0, 0.1) is 5.92 Å². The smallest absolute Gasteiger partial charge is 0.227 e. The molecule has 1 aliphatic rings. The lowest BCUT2D eigenvalue weighted by molar-refractivity contribution is -0.123. The molecule has 0 bridgehead atoms. The van der Waals surface area contributed by atoms with Gasteiger partial charge in [0.25, 0.3) is 0 Å². The Labute approximate surface area is 103 Å². The van der Waals surface area contributed by atoms with Crippen molar-refractivity contribution in [3.8, 4) is 0 Å². The number of nitrogen functional groups attached to an aromatic ring is 1. The number of halogens is 1. The van der Waals surface area contributed by atoms with Crippen LogP contribution in [0.2, 0.25) is 5.15 Å². The highest BCUT2D eigenvalue weighted by Gasteiger charge is 2.34. The van der Waals surface area contributed by atoms with E-state index in [1.165, 1.54) is 11.1 Å². The number of aromatic nitrogens is 1. The molecule has 1 saturated heterocycles. The lowest BCUT2D eigenvalue weighted by Gasteiger charge is -2.18. The van der Waals surface area contributed by atoms with Crippen LogP contribution in [0.4, 0.5) is 11.4 Å². The van der Waals surface area contributed by atoms with Crippen LogP contribution in [-0.4, -0.2) is 23.3 Å². The Morgan fingerprint density at radius 1 is 1.59 bits per heavy atom. The van der Waals surface area contributed by atoms with Crippen molar-refractivity contribution in [2.45, 2.75) is 6.42 Å². The van der Waals surface area contributed by atoms with Gasteiger partial charge in [0.1, 0.15) is 0 Å². The Bertz CT molecular complexity index is 491. The van der Waals surface area contributed by atoms with Crippen LogP contribution in [0.3, 0.4) is 0 Å². The van der Waals surface area contributed by atoms with Gasteiger partial charge in [-0.2, -0.15) is 0 Å². The van der Waals surface area contributed by atoms with Crippen molar-refractivity contribution in [3.05, 3.63) is 17.4 Å². The minimum absolute atomic E-state index is 0.106. The molecule has 2 amide bonds. The van der Waals surface area contributed by atoms with Gasteiger partial charge in [-0.05, 0) is 6.07 Å². The van der Waals surface area contributed by atoms with E-state index in [0.717, 1.165) is 0 Å². The number of carbonyl (C=O) groups excluding carboxylic acids is 2. The number of pyridine rings is 1. The molecule has 2 rings (SSSR count). The van der Waals surface area contributed by atoms with E-state index in [0.29, 0.717) is 5.69 Å². The molecule has 0 saturated carbocycles. The molecule has 1 aromatic rings. The van der Waals surface area contributed by atoms with Crippen molar-refractivity contribution in [2.24, 2.45) is 11.7 Å². The second kappa shape index (κ2) is 4.21. The SMILES string of the molecule is NC(=O)C1CC(=O)N(c2ccnc(Cl)c2N)C1. The molecule has 0 aliphatic carbocycles. The molecule has 1 atom stereocenters. The number of amides is 2. The van der Waals surface area contributed by atoms with Crippen molar-refractivity contribution in [2.75, 3.05) is 17.2 Å². The maximum Gasteiger partial charge on any atom is 0.227 e. The molecule has 1 aliphatic heterocycles. The van der Waals surface area contributed by atoms with Crippen LogP contribution < -0.4 is 16.4 Å². The first kappa shape index (κ1) is 11.7. The summed E-state index contributed by atoms with van der Waals surface area (Å²) in [5.41, 5.74) is 11.6. The summed E-state index contributed by atoms with van der Waals surface area (Å²) in [5, 5.41) is 0.137. The Morgan fingerprint density at radius 3 is 2.88 bits per heavy atom. The number of carbonyl (C=O) groups is 2. The Balaban J connectivity index is 2.32. The average Bonchev–Trinajstić information content (AvgIpc) is 2.65. The van der Waals surface area contributed by atoms with E-state index >= 15 is 0 Å². The van der Waals surface area contributed by atoms with Crippen molar-refractivity contribution >= 4 is 34.8 Å². The van der Waals surface area contributed by atoms with Gasteiger partial charge in [0.15, 0.2) is 5.15 Å². The lowest BCUT2D eigenvalue weighted by atomic mass is 10.1. The first-order valence-corrected chi connectivity index (χ1v) is 5.38. The normalized spacial score (nSPS) is 19.7. The van der Waals surface area contributed by atoms with E-state index in [-0.39, 0.29) is 29.7 Å². The van der Waals surface area contributed by atoms with Gasteiger partial charge in [0, 0.05) is 19.2 Å². The van der Waals surface area contributed by atoms with E-state index in [4.69, 9.17) is 23.1 Å². The largest absolute Gasteiger partial charge is 0.395 e. The molecule has 90 valence electrons. The summed E-state index contributed by atoms with van der Waals surface area (Å²) in [6, 6.07) is 1.59. The molecule has 1 unspecified atom stereocenters. The molecule has 6 nitrogen and oxygen atoms in total. The van der Waals surface area contributed by atoms with Gasteiger partial charge >= 0.3 is 0 Å². The lowest BCUT2D eigenvalue weighted by Crippen LogP contribution is -2.29. The fourth-order valence-corrected chi connectivity index (χ4v) is 1.96. The predicted octanol–water partition coefficient (Wildman–Crippen LogP) is 0.155. The quantitative estimate of drug-likeness (QED) is 0.734. The molecule has 4 N–H and O–H groups in total. The summed E-state index contributed by atoms with van der Waals surface area (Å²) in [7, 11) is 0. The average molecular weight is 255 g/mol. The van der Waals surface area contributed by atoms with Crippen molar-refractivity contribution in [1.82, 2.24) is 4.98 Å². The standard InChI is InChI=1S/C10H11ClN4O2/c11-9-8(12)6(1-2-14-9)15-4-5(10(13)17)3-7(15)16/h1-2,5H,3-4,12H2,(H2,13,17). The maximum absolute atomic E-state index is 11.8. The number of rotatable bonds is 2. The predicted molar refractivity (Wildman–Crippen MR) is 63.3 cm³/mol. The molecule has 17 heavy (non-hydrogen) atoms. The van der Waals surface area contributed by atoms with Crippen LogP contribution in [0.15, 0.2) is 12.3 Å². The van der Waals surface area contributed by atoms with E-state index in [1.807, 2.05) is 0 Å². The fraction of sp³-hybridized carbons (Fsp3) is 0.300.